The van der Waals surface area contributed by atoms with Crippen LogP contribution in [0.2, 0.25) is 0 Å². The molecule has 140 valence electrons. The minimum atomic E-state index is 0.0358. The van der Waals surface area contributed by atoms with Crippen molar-refractivity contribution >= 4 is 5.91 Å². The molecule has 9 nitrogen and oxygen atoms in total. The quantitative estimate of drug-likeness (QED) is 0.670. The number of carbonyl (C=O) groups excluding carboxylic acids is 1. The summed E-state index contributed by atoms with van der Waals surface area (Å²) in [5.41, 5.74) is 1.60. The highest BCUT2D eigenvalue weighted by Crippen LogP contribution is 2.19. The lowest BCUT2D eigenvalue weighted by atomic mass is 10.1. The molecule has 1 aliphatic rings. The van der Waals surface area contributed by atoms with E-state index in [1.807, 2.05) is 40.8 Å². The molecule has 0 N–H and O–H groups in total. The number of ether oxygens (including phenoxy) is 1. The van der Waals surface area contributed by atoms with Crippen LogP contribution in [0.15, 0.2) is 36.9 Å². The number of benzene rings is 1. The van der Waals surface area contributed by atoms with Crippen LogP contribution in [0.5, 0.6) is 0 Å². The van der Waals surface area contributed by atoms with Crippen molar-refractivity contribution < 1.29 is 9.53 Å². The van der Waals surface area contributed by atoms with E-state index in [4.69, 9.17) is 4.74 Å². The number of hydrogen-bond acceptors (Lipinski definition) is 6. The zero-order valence-corrected chi connectivity index (χ0v) is 15.2. The maximum atomic E-state index is 12.6. The zero-order valence-electron chi connectivity index (χ0n) is 15.2. The third-order valence-corrected chi connectivity index (χ3v) is 4.47. The average Bonchev–Trinajstić information content (AvgIpc) is 3.38. The first kappa shape index (κ1) is 17.3. The third-order valence-electron chi connectivity index (χ3n) is 4.47. The van der Waals surface area contributed by atoms with E-state index < -0.39 is 0 Å². The molecule has 0 bridgehead atoms. The molecule has 1 fully saturated rings. The molecule has 0 atom stereocenters. The summed E-state index contributed by atoms with van der Waals surface area (Å²) in [6.07, 6.45) is 3.13. The smallest absolute Gasteiger partial charge is 0.254 e. The Morgan fingerprint density at radius 3 is 2.63 bits per heavy atom. The monoisotopic (exact) mass is 367 g/mol. The van der Waals surface area contributed by atoms with Crippen LogP contribution in [-0.2, 0) is 17.8 Å². The van der Waals surface area contributed by atoms with Gasteiger partial charge in [0.15, 0.2) is 11.6 Å². The van der Waals surface area contributed by atoms with E-state index in [0.29, 0.717) is 50.8 Å². The molecule has 0 aliphatic carbocycles. The van der Waals surface area contributed by atoms with E-state index in [2.05, 4.69) is 20.2 Å². The van der Waals surface area contributed by atoms with Gasteiger partial charge in [-0.15, -0.1) is 0 Å². The van der Waals surface area contributed by atoms with Gasteiger partial charge in [0.05, 0.1) is 13.2 Å². The van der Waals surface area contributed by atoms with Gasteiger partial charge in [0, 0.05) is 30.8 Å². The number of carbonyl (C=O) groups is 1. The van der Waals surface area contributed by atoms with Gasteiger partial charge in [0.2, 0.25) is 0 Å². The van der Waals surface area contributed by atoms with Crippen molar-refractivity contribution in [2.75, 3.05) is 26.3 Å². The molecule has 0 unspecified atom stereocenters. The predicted octanol–water partition coefficient (Wildman–Crippen LogP) is 1.08. The first-order valence-corrected chi connectivity index (χ1v) is 8.98. The van der Waals surface area contributed by atoms with Crippen LogP contribution in [0.25, 0.3) is 11.4 Å². The van der Waals surface area contributed by atoms with Gasteiger partial charge in [-0.2, -0.15) is 10.2 Å². The molecule has 4 rings (SSSR count). The molecule has 1 saturated heterocycles. The van der Waals surface area contributed by atoms with Crippen LogP contribution in [0, 0.1) is 0 Å². The fraction of sp³-hybridized carbons (Fsp3) is 0.389. The van der Waals surface area contributed by atoms with Gasteiger partial charge in [-0.05, 0) is 19.1 Å². The Kier molecular flexibility index (Phi) is 4.93. The summed E-state index contributed by atoms with van der Waals surface area (Å²) < 4.78 is 8.84. The maximum Gasteiger partial charge on any atom is 0.254 e. The summed E-state index contributed by atoms with van der Waals surface area (Å²) in [5, 5.41) is 8.63. The molecule has 0 radical (unpaired) electrons. The Labute approximate surface area is 156 Å². The Morgan fingerprint density at radius 1 is 1.19 bits per heavy atom. The summed E-state index contributed by atoms with van der Waals surface area (Å²) in [4.78, 5) is 23.0. The van der Waals surface area contributed by atoms with Gasteiger partial charge in [-0.25, -0.2) is 19.3 Å². The number of morpholine rings is 1. The second kappa shape index (κ2) is 7.67. The van der Waals surface area contributed by atoms with Crippen molar-refractivity contribution in [3.8, 4) is 11.4 Å². The number of nitrogens with zero attached hydrogens (tertiary/aromatic N) is 7. The molecule has 27 heavy (non-hydrogen) atoms. The lowest BCUT2D eigenvalue weighted by Gasteiger charge is -2.26. The zero-order chi connectivity index (χ0) is 18.6. The molecular formula is C18H21N7O2. The van der Waals surface area contributed by atoms with Crippen molar-refractivity contribution in [1.82, 2.24) is 34.4 Å². The maximum absolute atomic E-state index is 12.6. The van der Waals surface area contributed by atoms with E-state index in [9.17, 15) is 4.79 Å². The van der Waals surface area contributed by atoms with Gasteiger partial charge in [0.1, 0.15) is 19.2 Å². The van der Waals surface area contributed by atoms with Gasteiger partial charge >= 0.3 is 0 Å². The Balaban J connectivity index is 1.54. The van der Waals surface area contributed by atoms with Crippen molar-refractivity contribution in [2.45, 2.75) is 20.0 Å². The molecule has 9 heteroatoms. The number of aryl methyl sites for hydroxylation is 1. The highest BCUT2D eigenvalue weighted by atomic mass is 16.5. The Morgan fingerprint density at radius 2 is 1.96 bits per heavy atom. The molecule has 3 aromatic rings. The van der Waals surface area contributed by atoms with Crippen LogP contribution in [0.1, 0.15) is 23.1 Å². The van der Waals surface area contributed by atoms with Crippen molar-refractivity contribution in [1.29, 1.82) is 0 Å². The van der Waals surface area contributed by atoms with Crippen molar-refractivity contribution in [3.63, 3.8) is 0 Å². The normalized spacial score (nSPS) is 14.5. The fourth-order valence-electron chi connectivity index (χ4n) is 3.06. The summed E-state index contributed by atoms with van der Waals surface area (Å²) in [7, 11) is 0. The Bertz CT molecular complexity index is 896. The van der Waals surface area contributed by atoms with Gasteiger partial charge in [-0.1, -0.05) is 12.1 Å². The standard InChI is InChI=1S/C18H21N7O2/c1-2-25-17(21-16(22-25)11-24-13-19-12-20-24)14-3-5-15(6-4-14)18(26)23-7-9-27-10-8-23/h3-6,12-13H,2,7-11H2,1H3. The highest BCUT2D eigenvalue weighted by molar-refractivity contribution is 5.94. The van der Waals surface area contributed by atoms with Crippen LogP contribution in [0.3, 0.4) is 0 Å². The molecule has 0 saturated carbocycles. The highest BCUT2D eigenvalue weighted by Gasteiger charge is 2.19. The number of hydrogen-bond donors (Lipinski definition) is 0. The number of rotatable bonds is 5. The summed E-state index contributed by atoms with van der Waals surface area (Å²) in [6, 6.07) is 7.53. The minimum absolute atomic E-state index is 0.0358. The SMILES string of the molecule is CCn1nc(Cn2cncn2)nc1-c1ccc(C(=O)N2CCOCC2)cc1. The first-order valence-electron chi connectivity index (χ1n) is 8.98. The molecule has 2 aromatic heterocycles. The topological polar surface area (TPSA) is 91.0 Å². The van der Waals surface area contributed by atoms with Crippen LogP contribution < -0.4 is 0 Å². The first-order chi connectivity index (χ1) is 13.2. The van der Waals surface area contributed by atoms with Crippen LogP contribution in [0.4, 0.5) is 0 Å². The second-order valence-electron chi connectivity index (χ2n) is 6.24. The molecule has 0 spiro atoms. The molecule has 1 amide bonds. The lowest BCUT2D eigenvalue weighted by Crippen LogP contribution is -2.40. The minimum Gasteiger partial charge on any atom is -0.378 e. The number of aromatic nitrogens is 6. The fourth-order valence-corrected chi connectivity index (χ4v) is 3.06. The molecular weight excluding hydrogens is 346 g/mol. The van der Waals surface area contributed by atoms with Crippen molar-refractivity contribution in [3.05, 3.63) is 48.3 Å². The van der Waals surface area contributed by atoms with E-state index in [-0.39, 0.29) is 5.91 Å². The summed E-state index contributed by atoms with van der Waals surface area (Å²) in [5.74, 6) is 1.48. The molecule has 1 aromatic carbocycles. The van der Waals surface area contributed by atoms with E-state index in [1.165, 1.54) is 6.33 Å². The molecule has 1 aliphatic heterocycles. The van der Waals surface area contributed by atoms with Crippen LogP contribution in [-0.4, -0.2) is 66.6 Å². The lowest BCUT2D eigenvalue weighted by molar-refractivity contribution is 0.0303. The van der Waals surface area contributed by atoms with Gasteiger partial charge in [-0.3, -0.25) is 4.79 Å². The number of amides is 1. The summed E-state index contributed by atoms with van der Waals surface area (Å²) in [6.45, 7) is 5.65. The summed E-state index contributed by atoms with van der Waals surface area (Å²) >= 11 is 0. The average molecular weight is 367 g/mol. The van der Waals surface area contributed by atoms with E-state index in [0.717, 1.165) is 11.4 Å². The van der Waals surface area contributed by atoms with E-state index >= 15 is 0 Å². The third kappa shape index (κ3) is 3.72. The van der Waals surface area contributed by atoms with Gasteiger partial charge < -0.3 is 9.64 Å². The Hall–Kier alpha value is -3.07. The van der Waals surface area contributed by atoms with E-state index in [1.54, 1.807) is 11.0 Å². The predicted molar refractivity (Wildman–Crippen MR) is 97.0 cm³/mol. The van der Waals surface area contributed by atoms with Gasteiger partial charge in [0.25, 0.3) is 5.91 Å². The van der Waals surface area contributed by atoms with Crippen molar-refractivity contribution in [2.24, 2.45) is 0 Å². The molecule has 3 heterocycles. The largest absolute Gasteiger partial charge is 0.378 e. The second-order valence-corrected chi connectivity index (χ2v) is 6.24. The van der Waals surface area contributed by atoms with Crippen LogP contribution >= 0.6 is 0 Å².